The molecule has 1 amide bonds. The van der Waals surface area contributed by atoms with E-state index in [0.717, 1.165) is 45.3 Å². The molecular formula is C23H30N6O. The second kappa shape index (κ2) is 8.73. The van der Waals surface area contributed by atoms with Gasteiger partial charge in [0.05, 0.1) is 23.7 Å². The van der Waals surface area contributed by atoms with E-state index in [-0.39, 0.29) is 18.0 Å². The van der Waals surface area contributed by atoms with Crippen molar-refractivity contribution < 1.29 is 4.79 Å². The molecule has 7 nitrogen and oxygen atoms in total. The SMILES string of the molecule is CN(C[C@H](N)C(=O)N1C(C#N)CC2CC21)C1CCCN(Cc2ccc(C#N)cc2)C1. The van der Waals surface area contributed by atoms with Crippen LogP contribution in [-0.4, -0.2) is 71.5 Å². The van der Waals surface area contributed by atoms with Gasteiger partial charge in [-0.3, -0.25) is 9.69 Å². The molecule has 5 atom stereocenters. The molecule has 2 N–H and O–H groups in total. The van der Waals surface area contributed by atoms with Crippen molar-refractivity contribution in [3.8, 4) is 12.1 Å². The van der Waals surface area contributed by atoms with Crippen molar-refractivity contribution in [2.24, 2.45) is 11.7 Å². The standard InChI is InChI=1S/C23H30N6O/c1-27(15-21(26)23(30)29-20(12-25)9-18-10-22(18)29)19-3-2-8-28(14-19)13-17-6-4-16(11-24)5-7-17/h4-7,18-22H,2-3,8-10,13-15,26H2,1H3/t18?,19?,20?,21-,22?/m0/s1. The molecule has 1 saturated carbocycles. The molecular weight excluding hydrogens is 376 g/mol. The fourth-order valence-electron chi connectivity index (χ4n) is 5.10. The van der Waals surface area contributed by atoms with Gasteiger partial charge in [0, 0.05) is 31.7 Å². The highest BCUT2D eigenvalue weighted by molar-refractivity contribution is 5.83. The van der Waals surface area contributed by atoms with Gasteiger partial charge in [0.2, 0.25) is 5.91 Å². The van der Waals surface area contributed by atoms with Crippen LogP contribution in [0.2, 0.25) is 0 Å². The van der Waals surface area contributed by atoms with E-state index in [1.165, 1.54) is 5.56 Å². The molecule has 3 aliphatic rings. The summed E-state index contributed by atoms with van der Waals surface area (Å²) in [5.41, 5.74) is 8.20. The van der Waals surface area contributed by atoms with Crippen molar-refractivity contribution in [2.45, 2.75) is 56.4 Å². The highest BCUT2D eigenvalue weighted by atomic mass is 16.2. The molecule has 158 valence electrons. The summed E-state index contributed by atoms with van der Waals surface area (Å²) < 4.78 is 0. The first kappa shape index (κ1) is 20.8. The van der Waals surface area contributed by atoms with Gasteiger partial charge in [0.25, 0.3) is 0 Å². The van der Waals surface area contributed by atoms with Crippen LogP contribution >= 0.6 is 0 Å². The molecule has 2 heterocycles. The Morgan fingerprint density at radius 2 is 2.07 bits per heavy atom. The van der Waals surface area contributed by atoms with Gasteiger partial charge in [0.15, 0.2) is 0 Å². The lowest BCUT2D eigenvalue weighted by molar-refractivity contribution is -0.134. The van der Waals surface area contributed by atoms with Crippen molar-refractivity contribution in [3.05, 3.63) is 35.4 Å². The van der Waals surface area contributed by atoms with Gasteiger partial charge >= 0.3 is 0 Å². The first-order valence-electron chi connectivity index (χ1n) is 10.9. The Labute approximate surface area is 178 Å². The Hall–Kier alpha value is -2.45. The van der Waals surface area contributed by atoms with Crippen molar-refractivity contribution in [1.82, 2.24) is 14.7 Å². The van der Waals surface area contributed by atoms with Gasteiger partial charge in [-0.2, -0.15) is 10.5 Å². The van der Waals surface area contributed by atoms with Crippen molar-refractivity contribution in [3.63, 3.8) is 0 Å². The smallest absolute Gasteiger partial charge is 0.242 e. The number of rotatable bonds is 6. The molecule has 4 rings (SSSR count). The van der Waals surface area contributed by atoms with E-state index in [9.17, 15) is 10.1 Å². The average molecular weight is 407 g/mol. The van der Waals surface area contributed by atoms with Crippen LogP contribution in [0.4, 0.5) is 0 Å². The van der Waals surface area contributed by atoms with Gasteiger partial charge in [-0.15, -0.1) is 0 Å². The van der Waals surface area contributed by atoms with Gasteiger partial charge in [-0.25, -0.2) is 0 Å². The van der Waals surface area contributed by atoms with Crippen LogP contribution < -0.4 is 5.73 Å². The van der Waals surface area contributed by atoms with E-state index in [2.05, 4.69) is 29.0 Å². The zero-order chi connectivity index (χ0) is 21.3. The van der Waals surface area contributed by atoms with Crippen LogP contribution in [0, 0.1) is 28.6 Å². The van der Waals surface area contributed by atoms with E-state index >= 15 is 0 Å². The number of hydrogen-bond acceptors (Lipinski definition) is 6. The minimum absolute atomic E-state index is 0.0661. The highest BCUT2D eigenvalue weighted by Gasteiger charge is 2.54. The highest BCUT2D eigenvalue weighted by Crippen LogP contribution is 2.47. The molecule has 0 bridgehead atoms. The normalized spacial score (nSPS) is 29.2. The number of likely N-dealkylation sites (N-methyl/N-ethyl adjacent to an activating group) is 1. The largest absolute Gasteiger partial charge is 0.322 e. The van der Waals surface area contributed by atoms with Gasteiger partial charge in [-0.05, 0) is 62.9 Å². The summed E-state index contributed by atoms with van der Waals surface area (Å²) >= 11 is 0. The quantitative estimate of drug-likeness (QED) is 0.764. The number of carbonyl (C=O) groups excluding carboxylic acids is 1. The number of nitrogens with two attached hydrogens (primary N) is 1. The predicted octanol–water partition coefficient (Wildman–Crippen LogP) is 1.29. The van der Waals surface area contributed by atoms with Crippen molar-refractivity contribution in [2.75, 3.05) is 26.7 Å². The molecule has 1 aromatic carbocycles. The van der Waals surface area contributed by atoms with Crippen LogP contribution in [0.5, 0.6) is 0 Å². The fraction of sp³-hybridized carbons (Fsp3) is 0.609. The molecule has 0 aromatic heterocycles. The molecule has 1 aromatic rings. The Morgan fingerprint density at radius 1 is 1.30 bits per heavy atom. The molecule has 3 fully saturated rings. The Bertz CT molecular complexity index is 856. The minimum atomic E-state index is -0.584. The van der Waals surface area contributed by atoms with E-state index < -0.39 is 6.04 Å². The molecule has 0 spiro atoms. The Morgan fingerprint density at radius 3 is 2.77 bits per heavy atom. The number of nitriles is 2. The summed E-state index contributed by atoms with van der Waals surface area (Å²) in [7, 11) is 2.05. The van der Waals surface area contributed by atoms with Crippen LogP contribution in [-0.2, 0) is 11.3 Å². The lowest BCUT2D eigenvalue weighted by Gasteiger charge is -2.39. The Kier molecular flexibility index (Phi) is 6.06. The summed E-state index contributed by atoms with van der Waals surface area (Å²) in [6, 6.07) is 11.9. The number of benzene rings is 1. The molecule has 0 radical (unpaired) electrons. The van der Waals surface area contributed by atoms with Crippen molar-refractivity contribution in [1.29, 1.82) is 10.5 Å². The number of carbonyl (C=O) groups is 1. The first-order chi connectivity index (χ1) is 14.5. The molecule has 4 unspecified atom stereocenters. The third kappa shape index (κ3) is 4.34. The summed E-state index contributed by atoms with van der Waals surface area (Å²) in [6.07, 6.45) is 4.04. The average Bonchev–Trinajstić information content (AvgIpc) is 3.43. The third-order valence-corrected chi connectivity index (χ3v) is 6.90. The second-order valence-corrected chi connectivity index (χ2v) is 9.08. The second-order valence-electron chi connectivity index (χ2n) is 9.08. The maximum atomic E-state index is 12.9. The van der Waals surface area contributed by atoms with Crippen LogP contribution in [0.1, 0.15) is 36.8 Å². The first-order valence-corrected chi connectivity index (χ1v) is 10.9. The van der Waals surface area contributed by atoms with Gasteiger partial charge in [-0.1, -0.05) is 12.1 Å². The monoisotopic (exact) mass is 406 g/mol. The van der Waals surface area contributed by atoms with Crippen LogP contribution in [0.15, 0.2) is 24.3 Å². The number of hydrogen-bond donors (Lipinski definition) is 1. The third-order valence-electron chi connectivity index (χ3n) is 6.90. The zero-order valence-electron chi connectivity index (χ0n) is 17.6. The number of likely N-dealkylation sites (tertiary alicyclic amines) is 2. The number of piperidine rings is 2. The Balaban J connectivity index is 1.30. The number of amides is 1. The fourth-order valence-corrected chi connectivity index (χ4v) is 5.10. The van der Waals surface area contributed by atoms with Crippen LogP contribution in [0.25, 0.3) is 0 Å². The summed E-state index contributed by atoms with van der Waals surface area (Å²) in [5, 5.41) is 18.3. The summed E-state index contributed by atoms with van der Waals surface area (Å²) in [5.74, 6) is 0.446. The molecule has 2 aliphatic heterocycles. The van der Waals surface area contributed by atoms with Crippen molar-refractivity contribution >= 4 is 5.91 Å². The van der Waals surface area contributed by atoms with Crippen LogP contribution in [0.3, 0.4) is 0 Å². The lowest BCUT2D eigenvalue weighted by Crippen LogP contribution is -2.54. The summed E-state index contributed by atoms with van der Waals surface area (Å²) in [6.45, 7) is 3.37. The van der Waals surface area contributed by atoms with E-state index in [0.29, 0.717) is 24.1 Å². The molecule has 2 saturated heterocycles. The molecule has 30 heavy (non-hydrogen) atoms. The minimum Gasteiger partial charge on any atom is -0.322 e. The molecule has 1 aliphatic carbocycles. The number of fused-ring (bicyclic) bond motifs is 1. The van der Waals surface area contributed by atoms with Gasteiger partial charge in [0.1, 0.15) is 6.04 Å². The van der Waals surface area contributed by atoms with Gasteiger partial charge < -0.3 is 15.5 Å². The number of nitrogens with zero attached hydrogens (tertiary/aromatic N) is 5. The predicted molar refractivity (Wildman–Crippen MR) is 113 cm³/mol. The zero-order valence-corrected chi connectivity index (χ0v) is 17.6. The van der Waals surface area contributed by atoms with E-state index in [4.69, 9.17) is 11.0 Å². The van der Waals surface area contributed by atoms with E-state index in [1.807, 2.05) is 24.3 Å². The topological polar surface area (TPSA) is 100 Å². The van der Waals surface area contributed by atoms with E-state index in [1.54, 1.807) is 4.90 Å². The maximum Gasteiger partial charge on any atom is 0.242 e. The maximum absolute atomic E-state index is 12.9. The molecule has 7 heteroatoms. The lowest BCUT2D eigenvalue weighted by atomic mass is 10.0. The summed E-state index contributed by atoms with van der Waals surface area (Å²) in [4.78, 5) is 19.3.